The van der Waals surface area contributed by atoms with E-state index in [2.05, 4.69) is 26.5 Å². The number of aliphatic hydroxyl groups excluding tert-OH is 1. The summed E-state index contributed by atoms with van der Waals surface area (Å²) in [6.07, 6.45) is 11.7. The lowest BCUT2D eigenvalue weighted by Crippen LogP contribution is -2.58. The number of ketones is 1. The van der Waals surface area contributed by atoms with Crippen molar-refractivity contribution >= 4 is 5.78 Å². The van der Waals surface area contributed by atoms with E-state index in [-0.39, 0.29) is 22.9 Å². The fraction of sp³-hybridized carbons (Fsp3) is 0.864. The molecule has 0 amide bonds. The van der Waals surface area contributed by atoms with E-state index in [1.807, 2.05) is 0 Å². The van der Waals surface area contributed by atoms with Gasteiger partial charge >= 0.3 is 0 Å². The van der Waals surface area contributed by atoms with Gasteiger partial charge in [0.1, 0.15) is 5.78 Å². The van der Waals surface area contributed by atoms with Gasteiger partial charge in [-0.1, -0.05) is 19.9 Å². The van der Waals surface area contributed by atoms with Crippen molar-refractivity contribution in [1.29, 1.82) is 0 Å². The molecule has 0 aromatic rings. The Kier molecular flexibility index (Phi) is 3.99. The van der Waals surface area contributed by atoms with E-state index in [9.17, 15) is 9.90 Å². The van der Waals surface area contributed by atoms with E-state index in [1.165, 1.54) is 19.3 Å². The highest BCUT2D eigenvalue weighted by atomic mass is 16.3. The minimum atomic E-state index is -0.119. The summed E-state index contributed by atoms with van der Waals surface area (Å²) in [7, 11) is 0. The Morgan fingerprint density at radius 1 is 1.17 bits per heavy atom. The van der Waals surface area contributed by atoms with E-state index >= 15 is 0 Å². The number of hydrogen-bond acceptors (Lipinski definition) is 2. The fourth-order valence-corrected chi connectivity index (χ4v) is 7.73. The van der Waals surface area contributed by atoms with Crippen LogP contribution in [0.5, 0.6) is 0 Å². The SMILES string of the molecule is C=CCC1CC2C(=O)CCC[C@]2(C)[C@@H]2CC[C@]3(C)C(O)CC[C@H]3[C@H]12. The highest BCUT2D eigenvalue weighted by Gasteiger charge is 2.62. The standard InChI is InChI=1S/C22H34O2/c1-4-6-14-13-17-18(23)7-5-11-21(17,2)16-10-12-22(3)15(20(14)16)8-9-19(22)24/h4,14-17,19-20,24H,1,5-13H2,2-3H3/t14?,15-,16+,17?,19?,20-,21+,22-/m0/s1. The Morgan fingerprint density at radius 3 is 2.67 bits per heavy atom. The topological polar surface area (TPSA) is 37.3 Å². The van der Waals surface area contributed by atoms with Gasteiger partial charge in [-0.15, -0.1) is 6.58 Å². The van der Waals surface area contributed by atoms with Crippen molar-refractivity contribution in [2.45, 2.75) is 77.7 Å². The van der Waals surface area contributed by atoms with Gasteiger partial charge in [0.2, 0.25) is 0 Å². The number of rotatable bonds is 2. The van der Waals surface area contributed by atoms with E-state index in [4.69, 9.17) is 0 Å². The van der Waals surface area contributed by atoms with Crippen LogP contribution in [0.3, 0.4) is 0 Å². The van der Waals surface area contributed by atoms with Gasteiger partial charge < -0.3 is 5.11 Å². The second-order valence-electron chi connectivity index (χ2n) is 9.83. The maximum absolute atomic E-state index is 12.7. The van der Waals surface area contributed by atoms with Gasteiger partial charge in [-0.2, -0.15) is 0 Å². The van der Waals surface area contributed by atoms with Gasteiger partial charge in [0, 0.05) is 12.3 Å². The largest absolute Gasteiger partial charge is 0.393 e. The molecule has 0 radical (unpaired) electrons. The molecule has 0 spiro atoms. The molecule has 2 heteroatoms. The molecule has 3 unspecified atom stereocenters. The van der Waals surface area contributed by atoms with Gasteiger partial charge in [-0.25, -0.2) is 0 Å². The minimum Gasteiger partial charge on any atom is -0.393 e. The van der Waals surface area contributed by atoms with Crippen molar-refractivity contribution in [2.75, 3.05) is 0 Å². The van der Waals surface area contributed by atoms with E-state index in [0.29, 0.717) is 29.5 Å². The first-order valence-corrected chi connectivity index (χ1v) is 10.2. The number of carbonyl (C=O) groups excluding carboxylic acids is 1. The predicted molar refractivity (Wildman–Crippen MR) is 96.4 cm³/mol. The third kappa shape index (κ3) is 2.14. The molecule has 4 aliphatic rings. The lowest BCUT2D eigenvalue weighted by molar-refractivity contribution is -0.161. The van der Waals surface area contributed by atoms with Crippen LogP contribution in [0.4, 0.5) is 0 Å². The monoisotopic (exact) mass is 330 g/mol. The quantitative estimate of drug-likeness (QED) is 0.741. The first-order valence-electron chi connectivity index (χ1n) is 10.2. The van der Waals surface area contributed by atoms with Crippen LogP contribution in [0.25, 0.3) is 0 Å². The molecule has 8 atom stereocenters. The van der Waals surface area contributed by atoms with Crippen molar-refractivity contribution in [1.82, 2.24) is 0 Å². The van der Waals surface area contributed by atoms with Crippen LogP contribution in [0.1, 0.15) is 71.6 Å². The zero-order valence-electron chi connectivity index (χ0n) is 15.5. The van der Waals surface area contributed by atoms with Crippen molar-refractivity contribution in [3.8, 4) is 0 Å². The van der Waals surface area contributed by atoms with Crippen LogP contribution in [0, 0.1) is 40.4 Å². The van der Waals surface area contributed by atoms with Gasteiger partial charge in [-0.3, -0.25) is 4.79 Å². The highest BCUT2D eigenvalue weighted by Crippen LogP contribution is 2.67. The molecule has 4 fully saturated rings. The Morgan fingerprint density at radius 2 is 1.92 bits per heavy atom. The van der Waals surface area contributed by atoms with Gasteiger partial charge in [0.05, 0.1) is 6.10 Å². The molecule has 2 nitrogen and oxygen atoms in total. The first kappa shape index (κ1) is 16.8. The van der Waals surface area contributed by atoms with Gasteiger partial charge in [-0.05, 0) is 85.9 Å². The second kappa shape index (κ2) is 5.69. The Hall–Kier alpha value is -0.630. The van der Waals surface area contributed by atoms with Crippen molar-refractivity contribution < 1.29 is 9.90 Å². The summed E-state index contributed by atoms with van der Waals surface area (Å²) in [6.45, 7) is 8.80. The van der Waals surface area contributed by atoms with E-state index < -0.39 is 0 Å². The Balaban J connectivity index is 1.74. The molecule has 0 aliphatic heterocycles. The number of aliphatic hydroxyl groups is 1. The Labute approximate surface area is 147 Å². The fourth-order valence-electron chi connectivity index (χ4n) is 7.73. The predicted octanol–water partition coefficient (Wildman–Crippen LogP) is 4.76. The molecule has 4 aliphatic carbocycles. The Bertz CT molecular complexity index is 540. The minimum absolute atomic E-state index is 0.114. The van der Waals surface area contributed by atoms with Gasteiger partial charge in [0.25, 0.3) is 0 Å². The number of Topliss-reactive ketones (excluding diaryl/α,β-unsaturated/α-hetero) is 1. The highest BCUT2D eigenvalue weighted by molar-refractivity contribution is 5.82. The summed E-state index contributed by atoms with van der Waals surface area (Å²) in [5.41, 5.74) is 0.328. The van der Waals surface area contributed by atoms with Crippen LogP contribution in [0.2, 0.25) is 0 Å². The normalized spacial score (nSPS) is 53.9. The zero-order chi connectivity index (χ0) is 17.1. The molecule has 134 valence electrons. The molecular formula is C22H34O2. The third-order valence-corrected chi connectivity index (χ3v) is 9.01. The average molecular weight is 331 g/mol. The van der Waals surface area contributed by atoms with E-state index in [1.54, 1.807) is 0 Å². The summed E-state index contributed by atoms with van der Waals surface area (Å²) in [4.78, 5) is 12.7. The lowest BCUT2D eigenvalue weighted by atomic mass is 9.42. The zero-order valence-corrected chi connectivity index (χ0v) is 15.5. The summed E-state index contributed by atoms with van der Waals surface area (Å²) >= 11 is 0. The maximum atomic E-state index is 12.7. The van der Waals surface area contributed by atoms with Crippen LogP contribution in [-0.4, -0.2) is 17.0 Å². The van der Waals surface area contributed by atoms with Gasteiger partial charge in [0.15, 0.2) is 0 Å². The first-order chi connectivity index (χ1) is 11.4. The third-order valence-electron chi connectivity index (χ3n) is 9.01. The number of allylic oxidation sites excluding steroid dienone is 1. The summed E-state index contributed by atoms with van der Waals surface area (Å²) < 4.78 is 0. The molecule has 0 heterocycles. The van der Waals surface area contributed by atoms with E-state index in [0.717, 1.165) is 38.5 Å². The summed E-state index contributed by atoms with van der Waals surface area (Å²) in [6, 6.07) is 0. The van der Waals surface area contributed by atoms with Crippen LogP contribution in [-0.2, 0) is 4.79 Å². The number of hydrogen-bond donors (Lipinski definition) is 1. The molecule has 0 bridgehead atoms. The molecule has 24 heavy (non-hydrogen) atoms. The maximum Gasteiger partial charge on any atom is 0.136 e. The molecule has 4 rings (SSSR count). The van der Waals surface area contributed by atoms with Crippen molar-refractivity contribution in [3.63, 3.8) is 0 Å². The van der Waals surface area contributed by atoms with Crippen LogP contribution < -0.4 is 0 Å². The lowest BCUT2D eigenvalue weighted by Gasteiger charge is -2.62. The summed E-state index contributed by atoms with van der Waals surface area (Å²) in [5, 5.41) is 10.7. The molecule has 0 aromatic heterocycles. The van der Waals surface area contributed by atoms with Crippen LogP contribution in [0.15, 0.2) is 12.7 Å². The number of carbonyl (C=O) groups is 1. The summed E-state index contributed by atoms with van der Waals surface area (Å²) in [5.74, 6) is 3.43. The molecule has 0 aromatic carbocycles. The molecule has 1 N–H and O–H groups in total. The number of fused-ring (bicyclic) bond motifs is 5. The van der Waals surface area contributed by atoms with Crippen molar-refractivity contribution in [3.05, 3.63) is 12.7 Å². The average Bonchev–Trinajstić information content (AvgIpc) is 2.84. The smallest absolute Gasteiger partial charge is 0.136 e. The molecule has 0 saturated heterocycles. The van der Waals surface area contributed by atoms with Crippen molar-refractivity contribution in [2.24, 2.45) is 40.4 Å². The van der Waals surface area contributed by atoms with Crippen LogP contribution >= 0.6 is 0 Å². The molecule has 4 saturated carbocycles. The second-order valence-corrected chi connectivity index (χ2v) is 9.83. The molecular weight excluding hydrogens is 296 g/mol.